The van der Waals surface area contributed by atoms with Gasteiger partial charge in [0.1, 0.15) is 18.2 Å². The molecule has 2 heterocycles. The first-order valence-electron chi connectivity index (χ1n) is 15.1. The Morgan fingerprint density at radius 1 is 1.10 bits per heavy atom. The molecule has 4 atom stereocenters. The fourth-order valence-corrected chi connectivity index (χ4v) is 6.81. The molecule has 0 radical (unpaired) electrons. The minimum atomic E-state index is -4.51. The molecule has 1 saturated heterocycles. The Balaban J connectivity index is 1.33. The average molecular weight is 590 g/mol. The predicted molar refractivity (Wildman–Crippen MR) is 154 cm³/mol. The molecule has 42 heavy (non-hydrogen) atoms. The van der Waals surface area contributed by atoms with Crippen LogP contribution < -0.4 is 16.4 Å². The smallest absolute Gasteiger partial charge is 0.358 e. The second-order valence-corrected chi connectivity index (χ2v) is 12.5. The Bertz CT molecular complexity index is 1280. The van der Waals surface area contributed by atoms with Gasteiger partial charge in [0.2, 0.25) is 11.8 Å². The van der Waals surface area contributed by atoms with Gasteiger partial charge in [-0.15, -0.1) is 0 Å². The quantitative estimate of drug-likeness (QED) is 0.448. The van der Waals surface area contributed by atoms with E-state index in [4.69, 9.17) is 5.73 Å². The highest BCUT2D eigenvalue weighted by Crippen LogP contribution is 2.35. The van der Waals surface area contributed by atoms with Crippen molar-refractivity contribution in [1.82, 2.24) is 25.1 Å². The molecular weight excluding hydrogens is 547 g/mol. The maximum absolute atomic E-state index is 13.8. The standard InChI is InChI=1S/C30H42F3N7O2/c1-17(2)39(3)21-9-11-26(25(15-21)38-28(41)18-4-7-20(34)8-5-18)40-13-12-24(29(40)42)37-27-22-14-19(30(31,32)33)6-10-23(22)35-16-36-27/h6,10,14,16-18,20-21,24-26H,4-5,7-9,11-13,15,34H2,1-3H3,(H,38,41)(H,35,36,37)/t18-,20+,21-,24+,25-,26+/m1/s1. The van der Waals surface area contributed by atoms with Crippen molar-refractivity contribution in [2.24, 2.45) is 11.7 Å². The van der Waals surface area contributed by atoms with Crippen molar-refractivity contribution in [2.45, 2.75) is 108 Å². The fourth-order valence-electron chi connectivity index (χ4n) is 6.81. The van der Waals surface area contributed by atoms with E-state index in [1.165, 1.54) is 12.4 Å². The number of benzene rings is 1. The number of hydrogen-bond acceptors (Lipinski definition) is 7. The average Bonchev–Trinajstić information content (AvgIpc) is 3.31. The molecule has 2 amide bonds. The number of carbonyl (C=O) groups is 2. The zero-order chi connectivity index (χ0) is 30.2. The van der Waals surface area contributed by atoms with Gasteiger partial charge in [0.15, 0.2) is 0 Å². The van der Waals surface area contributed by atoms with Crippen molar-refractivity contribution in [3.8, 4) is 0 Å². The molecule has 12 heteroatoms. The van der Waals surface area contributed by atoms with E-state index in [2.05, 4.69) is 46.4 Å². The number of nitrogens with one attached hydrogen (secondary N) is 2. The number of carbonyl (C=O) groups excluding carboxylic acids is 2. The van der Waals surface area contributed by atoms with Gasteiger partial charge in [-0.3, -0.25) is 9.59 Å². The molecule has 0 bridgehead atoms. The maximum Gasteiger partial charge on any atom is 0.416 e. The lowest BCUT2D eigenvalue weighted by atomic mass is 9.82. The Kier molecular flexibility index (Phi) is 8.94. The number of halogens is 3. The number of alkyl halides is 3. The van der Waals surface area contributed by atoms with E-state index >= 15 is 0 Å². The Labute approximate surface area is 244 Å². The fraction of sp³-hybridized carbons (Fsp3) is 0.667. The van der Waals surface area contributed by atoms with Gasteiger partial charge >= 0.3 is 6.18 Å². The second-order valence-electron chi connectivity index (χ2n) is 12.5. The maximum atomic E-state index is 13.8. The highest BCUT2D eigenvalue weighted by molar-refractivity contribution is 5.93. The number of fused-ring (bicyclic) bond motifs is 1. The number of likely N-dealkylation sites (tertiary alicyclic amines) is 1. The van der Waals surface area contributed by atoms with Gasteiger partial charge in [0.25, 0.3) is 0 Å². The first kappa shape index (κ1) is 30.5. The molecule has 2 saturated carbocycles. The highest BCUT2D eigenvalue weighted by atomic mass is 19.4. The molecule has 9 nitrogen and oxygen atoms in total. The lowest BCUT2D eigenvalue weighted by Gasteiger charge is -2.45. The van der Waals surface area contributed by atoms with Crippen LogP contribution in [0.2, 0.25) is 0 Å². The molecule has 2 aromatic rings. The number of anilines is 1. The molecular formula is C30H42F3N7O2. The number of rotatable bonds is 7. The van der Waals surface area contributed by atoms with Gasteiger partial charge in [-0.2, -0.15) is 13.2 Å². The normalized spacial score (nSPS) is 29.0. The van der Waals surface area contributed by atoms with Crippen LogP contribution in [0.5, 0.6) is 0 Å². The van der Waals surface area contributed by atoms with Crippen molar-refractivity contribution in [1.29, 1.82) is 0 Å². The third kappa shape index (κ3) is 6.49. The number of nitrogens with two attached hydrogens (primary N) is 1. The molecule has 0 unspecified atom stereocenters. The zero-order valence-electron chi connectivity index (χ0n) is 24.5. The molecule has 5 rings (SSSR count). The topological polar surface area (TPSA) is 116 Å². The molecule has 3 fully saturated rings. The summed E-state index contributed by atoms with van der Waals surface area (Å²) in [5, 5.41) is 6.67. The van der Waals surface area contributed by atoms with Crippen LogP contribution in [0.3, 0.4) is 0 Å². The minimum absolute atomic E-state index is 0.0407. The van der Waals surface area contributed by atoms with Gasteiger partial charge in [-0.25, -0.2) is 9.97 Å². The van der Waals surface area contributed by atoms with Crippen molar-refractivity contribution in [3.63, 3.8) is 0 Å². The van der Waals surface area contributed by atoms with E-state index in [1.807, 2.05) is 4.90 Å². The van der Waals surface area contributed by atoms with Crippen LogP contribution in [-0.2, 0) is 15.8 Å². The van der Waals surface area contributed by atoms with Gasteiger partial charge in [0.05, 0.1) is 23.2 Å². The molecule has 1 aliphatic heterocycles. The summed E-state index contributed by atoms with van der Waals surface area (Å²) in [6.45, 7) is 4.80. The molecule has 230 valence electrons. The van der Waals surface area contributed by atoms with Crippen LogP contribution in [0.25, 0.3) is 10.9 Å². The lowest BCUT2D eigenvalue weighted by Crippen LogP contribution is -2.59. The van der Waals surface area contributed by atoms with Crippen LogP contribution in [0, 0.1) is 5.92 Å². The summed E-state index contributed by atoms with van der Waals surface area (Å²) in [6.07, 6.45) is 2.89. The van der Waals surface area contributed by atoms with Gasteiger partial charge < -0.3 is 26.2 Å². The summed E-state index contributed by atoms with van der Waals surface area (Å²) in [5.41, 5.74) is 5.63. The largest absolute Gasteiger partial charge is 0.416 e. The highest BCUT2D eigenvalue weighted by Gasteiger charge is 2.44. The molecule has 0 spiro atoms. The van der Waals surface area contributed by atoms with E-state index in [-0.39, 0.29) is 53.1 Å². The van der Waals surface area contributed by atoms with Crippen molar-refractivity contribution in [3.05, 3.63) is 30.1 Å². The van der Waals surface area contributed by atoms with Crippen LogP contribution in [-0.4, -0.2) is 81.4 Å². The van der Waals surface area contributed by atoms with Crippen molar-refractivity contribution in [2.75, 3.05) is 18.9 Å². The molecule has 2 aliphatic carbocycles. The van der Waals surface area contributed by atoms with Crippen LogP contribution in [0.4, 0.5) is 19.0 Å². The first-order chi connectivity index (χ1) is 19.9. The number of nitrogens with zero attached hydrogens (tertiary/aromatic N) is 4. The second kappa shape index (κ2) is 12.3. The van der Waals surface area contributed by atoms with Gasteiger partial charge in [-0.1, -0.05) is 0 Å². The third-order valence-corrected chi connectivity index (χ3v) is 9.56. The van der Waals surface area contributed by atoms with Crippen LogP contribution in [0.1, 0.15) is 70.8 Å². The number of aromatic nitrogens is 2. The number of hydrogen-bond donors (Lipinski definition) is 3. The predicted octanol–water partition coefficient (Wildman–Crippen LogP) is 3.93. The summed E-state index contributed by atoms with van der Waals surface area (Å²) in [4.78, 5) is 39.6. The number of amides is 2. The zero-order valence-corrected chi connectivity index (χ0v) is 24.5. The Morgan fingerprint density at radius 2 is 1.83 bits per heavy atom. The summed E-state index contributed by atoms with van der Waals surface area (Å²) in [6, 6.07) is 3.13. The lowest BCUT2D eigenvalue weighted by molar-refractivity contribution is -0.137. The molecule has 1 aromatic heterocycles. The SMILES string of the molecule is CC(C)N(C)[C@@H]1CC[C@H](N2CC[C@H](Nc3ncnc4ccc(C(F)(F)F)cc34)C2=O)[C@H](NC(=O)[C@H]2CC[C@@H](N)CC2)C1. The first-order valence-corrected chi connectivity index (χ1v) is 15.1. The summed E-state index contributed by atoms with van der Waals surface area (Å²) >= 11 is 0. The van der Waals surface area contributed by atoms with Gasteiger partial charge in [0, 0.05) is 36.0 Å². The summed E-state index contributed by atoms with van der Waals surface area (Å²) in [5.74, 6) is 0.0511. The van der Waals surface area contributed by atoms with Gasteiger partial charge in [-0.05, 0) is 90.5 Å². The van der Waals surface area contributed by atoms with E-state index in [0.29, 0.717) is 24.5 Å². The summed E-state index contributed by atoms with van der Waals surface area (Å²) in [7, 11) is 2.11. The van der Waals surface area contributed by atoms with E-state index in [9.17, 15) is 22.8 Å². The molecule has 4 N–H and O–H groups in total. The van der Waals surface area contributed by atoms with Crippen molar-refractivity contribution >= 4 is 28.5 Å². The Hall–Kier alpha value is -2.99. The molecule has 3 aliphatic rings. The van der Waals surface area contributed by atoms with E-state index in [1.54, 1.807) is 0 Å². The Morgan fingerprint density at radius 3 is 2.52 bits per heavy atom. The van der Waals surface area contributed by atoms with Crippen LogP contribution >= 0.6 is 0 Å². The molecule has 1 aromatic carbocycles. The third-order valence-electron chi connectivity index (χ3n) is 9.56. The van der Waals surface area contributed by atoms with E-state index < -0.39 is 17.8 Å². The minimum Gasteiger partial charge on any atom is -0.358 e. The van der Waals surface area contributed by atoms with Crippen LogP contribution in [0.15, 0.2) is 24.5 Å². The van der Waals surface area contributed by atoms with Crippen molar-refractivity contribution < 1.29 is 22.8 Å². The summed E-state index contributed by atoms with van der Waals surface area (Å²) < 4.78 is 40.2. The monoisotopic (exact) mass is 589 g/mol. The van der Waals surface area contributed by atoms with E-state index in [0.717, 1.165) is 57.1 Å².